The van der Waals surface area contributed by atoms with Crippen molar-refractivity contribution in [1.82, 2.24) is 0 Å². The van der Waals surface area contributed by atoms with Gasteiger partial charge >= 0.3 is 0 Å². The van der Waals surface area contributed by atoms with E-state index >= 15 is 4.39 Å². The number of sulfonamides is 1. The van der Waals surface area contributed by atoms with Crippen molar-refractivity contribution < 1.29 is 22.0 Å². The Morgan fingerprint density at radius 2 is 1.74 bits per heavy atom. The molecule has 0 unspecified atom stereocenters. The Morgan fingerprint density at radius 3 is 2.39 bits per heavy atom. The van der Waals surface area contributed by atoms with E-state index in [0.717, 1.165) is 31.7 Å². The number of fused-ring (bicyclic) bond motifs is 1. The summed E-state index contributed by atoms with van der Waals surface area (Å²) in [5.41, 5.74) is 1.47. The van der Waals surface area contributed by atoms with E-state index in [1.807, 2.05) is 12.1 Å². The maximum atomic E-state index is 15.2. The van der Waals surface area contributed by atoms with Crippen molar-refractivity contribution in [3.63, 3.8) is 0 Å². The minimum atomic E-state index is -4.02. The van der Waals surface area contributed by atoms with Crippen LogP contribution in [0.5, 0.6) is 0 Å². The van der Waals surface area contributed by atoms with Crippen molar-refractivity contribution in [3.8, 4) is 0 Å². The number of halogens is 2. The molecule has 0 spiro atoms. The van der Waals surface area contributed by atoms with Gasteiger partial charge in [0.05, 0.1) is 11.4 Å². The van der Waals surface area contributed by atoms with Gasteiger partial charge in [0.2, 0.25) is 15.9 Å². The van der Waals surface area contributed by atoms with E-state index in [0.29, 0.717) is 23.9 Å². The third-order valence-electron chi connectivity index (χ3n) is 6.26. The molecular weight excluding hydrogens is 422 g/mol. The van der Waals surface area contributed by atoms with Crippen LogP contribution in [0.15, 0.2) is 30.3 Å². The molecule has 0 aromatic heterocycles. The molecule has 0 atom stereocenters. The first-order valence-corrected chi connectivity index (χ1v) is 12.4. The van der Waals surface area contributed by atoms with E-state index in [2.05, 4.69) is 4.72 Å². The van der Waals surface area contributed by atoms with Crippen molar-refractivity contribution in [2.45, 2.75) is 50.2 Å². The summed E-state index contributed by atoms with van der Waals surface area (Å²) < 4.78 is 57.4. The summed E-state index contributed by atoms with van der Waals surface area (Å²) in [5, 5.41) is 0. The standard InChI is InChI=1S/C23H24F2N2O3S/c24-19-11-20-18(9-10-21(28)27(20)12-14-1-2-14)22(25)23(19)26-31(29,30)13-15-3-5-16(6-4-15)17-7-8-17/h3-6,11,14,17,26H,1-2,7-10,12-13H2. The molecular formula is C23H24F2N2O3S. The molecule has 164 valence electrons. The molecule has 5 nitrogen and oxygen atoms in total. The molecule has 2 saturated carbocycles. The third kappa shape index (κ3) is 4.31. The highest BCUT2D eigenvalue weighted by molar-refractivity contribution is 7.91. The maximum Gasteiger partial charge on any atom is 0.237 e. The second-order valence-corrected chi connectivity index (χ2v) is 10.6. The van der Waals surface area contributed by atoms with Crippen molar-refractivity contribution >= 4 is 27.3 Å². The van der Waals surface area contributed by atoms with Gasteiger partial charge in [0.25, 0.3) is 0 Å². The summed E-state index contributed by atoms with van der Waals surface area (Å²) in [7, 11) is -4.02. The van der Waals surface area contributed by atoms with Gasteiger partial charge in [0.15, 0.2) is 11.6 Å². The Bertz CT molecular complexity index is 1140. The fraction of sp³-hybridized carbons (Fsp3) is 0.435. The van der Waals surface area contributed by atoms with Crippen LogP contribution in [0.25, 0.3) is 0 Å². The second kappa shape index (κ2) is 7.58. The number of hydrogen-bond donors (Lipinski definition) is 1. The lowest BCUT2D eigenvalue weighted by Gasteiger charge is -2.30. The van der Waals surface area contributed by atoms with E-state index in [4.69, 9.17) is 0 Å². The molecule has 2 aromatic carbocycles. The summed E-state index contributed by atoms with van der Waals surface area (Å²) in [6, 6.07) is 8.39. The number of nitrogens with one attached hydrogen (secondary N) is 1. The number of anilines is 2. The highest BCUT2D eigenvalue weighted by Crippen LogP contribution is 2.40. The average molecular weight is 447 g/mol. The Labute approximate surface area is 180 Å². The molecule has 2 fully saturated rings. The van der Waals surface area contributed by atoms with Crippen molar-refractivity contribution in [2.75, 3.05) is 16.2 Å². The van der Waals surface area contributed by atoms with Crippen LogP contribution >= 0.6 is 0 Å². The lowest BCUT2D eigenvalue weighted by atomic mass is 9.99. The van der Waals surface area contributed by atoms with E-state index in [1.54, 1.807) is 12.1 Å². The molecule has 1 amide bonds. The predicted octanol–water partition coefficient (Wildman–Crippen LogP) is 4.47. The van der Waals surface area contributed by atoms with E-state index in [1.165, 1.54) is 10.5 Å². The molecule has 2 aliphatic carbocycles. The van der Waals surface area contributed by atoms with Crippen LogP contribution in [0.2, 0.25) is 0 Å². The smallest absolute Gasteiger partial charge is 0.237 e. The molecule has 1 N–H and O–H groups in total. The molecule has 1 aliphatic heterocycles. The van der Waals surface area contributed by atoms with Crippen LogP contribution in [-0.4, -0.2) is 20.9 Å². The van der Waals surface area contributed by atoms with Crippen molar-refractivity contribution in [1.29, 1.82) is 0 Å². The molecule has 2 aromatic rings. The molecule has 31 heavy (non-hydrogen) atoms. The number of rotatable bonds is 7. The minimum Gasteiger partial charge on any atom is -0.312 e. The predicted molar refractivity (Wildman–Crippen MR) is 114 cm³/mol. The van der Waals surface area contributed by atoms with Gasteiger partial charge in [-0.1, -0.05) is 24.3 Å². The van der Waals surface area contributed by atoms with E-state index < -0.39 is 27.3 Å². The normalized spacial score (nSPS) is 18.8. The van der Waals surface area contributed by atoms with Crippen LogP contribution in [0.3, 0.4) is 0 Å². The number of hydrogen-bond acceptors (Lipinski definition) is 3. The summed E-state index contributed by atoms with van der Waals surface area (Å²) >= 11 is 0. The minimum absolute atomic E-state index is 0.124. The number of carbonyl (C=O) groups excluding carboxylic acids is 1. The zero-order valence-corrected chi connectivity index (χ0v) is 17.9. The Kier molecular flexibility index (Phi) is 5.00. The monoisotopic (exact) mass is 446 g/mol. The summed E-state index contributed by atoms with van der Waals surface area (Å²) in [5.74, 6) is -1.55. The molecule has 3 aliphatic rings. The van der Waals surface area contributed by atoms with Crippen LogP contribution in [0.4, 0.5) is 20.2 Å². The van der Waals surface area contributed by atoms with Gasteiger partial charge in [-0.05, 0) is 55.1 Å². The van der Waals surface area contributed by atoms with Gasteiger partial charge < -0.3 is 4.90 Å². The van der Waals surface area contributed by atoms with E-state index in [9.17, 15) is 17.6 Å². The largest absolute Gasteiger partial charge is 0.312 e. The number of carbonyl (C=O) groups is 1. The summed E-state index contributed by atoms with van der Waals surface area (Å²) in [6.45, 7) is 0.451. The maximum absolute atomic E-state index is 15.2. The number of benzene rings is 2. The SMILES string of the molecule is O=C1CCc2c(cc(F)c(NS(=O)(=O)Cc3ccc(C4CC4)cc3)c2F)N1CC1CC1. The van der Waals surface area contributed by atoms with Crippen molar-refractivity contribution in [3.05, 3.63) is 58.7 Å². The molecule has 8 heteroatoms. The molecule has 1 heterocycles. The quantitative estimate of drug-likeness (QED) is 0.682. The van der Waals surface area contributed by atoms with Gasteiger partial charge in [-0.3, -0.25) is 9.52 Å². The van der Waals surface area contributed by atoms with E-state index in [-0.39, 0.29) is 35.8 Å². The molecule has 5 rings (SSSR count). The summed E-state index contributed by atoms with van der Waals surface area (Å²) in [6.07, 6.45) is 4.56. The highest BCUT2D eigenvalue weighted by atomic mass is 32.2. The van der Waals surface area contributed by atoms with Gasteiger partial charge in [-0.25, -0.2) is 17.2 Å². The Morgan fingerprint density at radius 1 is 1.03 bits per heavy atom. The second-order valence-electron chi connectivity index (χ2n) is 8.87. The fourth-order valence-electron chi connectivity index (χ4n) is 4.19. The van der Waals surface area contributed by atoms with Crippen LogP contribution in [-0.2, 0) is 27.0 Å². The average Bonchev–Trinajstić information content (AvgIpc) is 3.62. The first kappa shape index (κ1) is 20.4. The topological polar surface area (TPSA) is 66.5 Å². The zero-order valence-electron chi connectivity index (χ0n) is 17.0. The first-order valence-electron chi connectivity index (χ1n) is 10.7. The van der Waals surface area contributed by atoms with Crippen LogP contribution < -0.4 is 9.62 Å². The molecule has 0 bridgehead atoms. The van der Waals surface area contributed by atoms with Gasteiger partial charge in [-0.2, -0.15) is 0 Å². The van der Waals surface area contributed by atoms with Crippen LogP contribution in [0.1, 0.15) is 54.7 Å². The van der Waals surface area contributed by atoms with Crippen molar-refractivity contribution in [2.24, 2.45) is 5.92 Å². The number of nitrogens with zero attached hydrogens (tertiary/aromatic N) is 1. The summed E-state index contributed by atoms with van der Waals surface area (Å²) in [4.78, 5) is 13.7. The number of amides is 1. The first-order chi connectivity index (χ1) is 14.8. The third-order valence-corrected chi connectivity index (χ3v) is 7.49. The van der Waals surface area contributed by atoms with Gasteiger partial charge in [0.1, 0.15) is 5.69 Å². The highest BCUT2D eigenvalue weighted by Gasteiger charge is 2.34. The fourth-order valence-corrected chi connectivity index (χ4v) is 5.39. The zero-order chi connectivity index (χ0) is 21.8. The Balaban J connectivity index is 1.38. The van der Waals surface area contributed by atoms with Gasteiger partial charge in [-0.15, -0.1) is 0 Å². The van der Waals surface area contributed by atoms with Crippen LogP contribution in [0, 0.1) is 17.6 Å². The Hall–Kier alpha value is -2.48. The molecule has 0 saturated heterocycles. The van der Waals surface area contributed by atoms with Gasteiger partial charge in [0, 0.05) is 24.6 Å². The molecule has 0 radical (unpaired) electrons. The lowest BCUT2D eigenvalue weighted by molar-refractivity contribution is -0.119. The lowest BCUT2D eigenvalue weighted by Crippen LogP contribution is -2.37.